The van der Waals surface area contributed by atoms with Crippen LogP contribution in [-0.2, 0) is 16.1 Å². The Morgan fingerprint density at radius 1 is 1.11 bits per heavy atom. The number of hydrogen-bond donors (Lipinski definition) is 3. The van der Waals surface area contributed by atoms with Gasteiger partial charge in [0, 0.05) is 21.5 Å². The van der Waals surface area contributed by atoms with E-state index in [1.165, 1.54) is 17.6 Å². The summed E-state index contributed by atoms with van der Waals surface area (Å²) in [6, 6.07) is 11.8. The number of carbonyl (C=O) groups excluding carboxylic acids is 2. The van der Waals surface area contributed by atoms with Gasteiger partial charge in [-0.2, -0.15) is 0 Å². The van der Waals surface area contributed by atoms with E-state index < -0.39 is 17.9 Å². The molecule has 2 aromatic heterocycles. The van der Waals surface area contributed by atoms with Crippen molar-refractivity contribution in [2.45, 2.75) is 12.6 Å². The van der Waals surface area contributed by atoms with E-state index in [1.807, 2.05) is 0 Å². The molecule has 1 unspecified atom stereocenters. The van der Waals surface area contributed by atoms with Gasteiger partial charge >= 0.3 is 11.8 Å². The number of nitrogens with one attached hydrogen (secondary N) is 2. The van der Waals surface area contributed by atoms with Gasteiger partial charge in [-0.3, -0.25) is 9.59 Å². The molecule has 1 aliphatic heterocycles. The maximum atomic E-state index is 12.1. The predicted molar refractivity (Wildman–Crippen MR) is 100 cm³/mol. The first kappa shape index (κ1) is 18.1. The molecule has 3 aromatic rings. The number of anilines is 1. The third kappa shape index (κ3) is 3.85. The van der Waals surface area contributed by atoms with Crippen molar-refractivity contribution in [2.75, 3.05) is 12.1 Å². The van der Waals surface area contributed by atoms with Crippen LogP contribution in [0.15, 0.2) is 53.1 Å². The molecule has 0 fully saturated rings. The van der Waals surface area contributed by atoms with Crippen molar-refractivity contribution in [3.8, 4) is 11.5 Å². The number of carbonyl (C=O) groups is 2. The second kappa shape index (κ2) is 7.75. The highest BCUT2D eigenvalue weighted by molar-refractivity contribution is 7.12. The van der Waals surface area contributed by atoms with E-state index in [9.17, 15) is 14.7 Å². The average molecular weight is 400 g/mol. The minimum atomic E-state index is -0.862. The molecule has 1 aliphatic rings. The van der Waals surface area contributed by atoms with Crippen LogP contribution in [0.25, 0.3) is 0 Å². The Kier molecular flexibility index (Phi) is 5.00. The molecule has 9 heteroatoms. The van der Waals surface area contributed by atoms with Crippen molar-refractivity contribution < 1.29 is 28.6 Å². The summed E-state index contributed by atoms with van der Waals surface area (Å²) in [6.45, 7) is 0.299. The molecule has 144 valence electrons. The summed E-state index contributed by atoms with van der Waals surface area (Å²) in [7, 11) is 0. The summed E-state index contributed by atoms with van der Waals surface area (Å²) < 4.78 is 15.6. The molecular formula is C19H16N2O6S. The Labute approximate surface area is 163 Å². The van der Waals surface area contributed by atoms with Gasteiger partial charge in [0.15, 0.2) is 11.5 Å². The predicted octanol–water partition coefficient (Wildman–Crippen LogP) is 2.41. The minimum Gasteiger partial charge on any atom is -0.466 e. The van der Waals surface area contributed by atoms with Gasteiger partial charge in [-0.1, -0.05) is 0 Å². The first-order valence-corrected chi connectivity index (χ1v) is 9.21. The van der Waals surface area contributed by atoms with Gasteiger partial charge in [0.2, 0.25) is 6.79 Å². The third-order valence-corrected chi connectivity index (χ3v) is 5.16. The van der Waals surface area contributed by atoms with Crippen molar-refractivity contribution in [1.82, 2.24) is 5.32 Å². The first-order valence-electron chi connectivity index (χ1n) is 8.39. The van der Waals surface area contributed by atoms with Gasteiger partial charge in [-0.15, -0.1) is 11.3 Å². The standard InChI is InChI=1S/C19H16N2O6S/c22-17(14-2-1-7-25-14)16-6-4-12(28-16)9-20-18(23)19(24)21-11-3-5-13-15(8-11)27-10-26-13/h1-8,17,22H,9-10H2,(H,20,23)(H,21,24). The summed E-state index contributed by atoms with van der Waals surface area (Å²) >= 11 is 1.32. The van der Waals surface area contributed by atoms with E-state index in [0.717, 1.165) is 4.88 Å². The second-order valence-corrected chi connectivity index (χ2v) is 7.13. The fourth-order valence-electron chi connectivity index (χ4n) is 2.63. The van der Waals surface area contributed by atoms with Crippen LogP contribution in [0.2, 0.25) is 0 Å². The SMILES string of the molecule is O=C(NCc1ccc(C(O)c2ccco2)s1)C(=O)Nc1ccc2c(c1)OCO2. The topological polar surface area (TPSA) is 110 Å². The van der Waals surface area contributed by atoms with Crippen molar-refractivity contribution in [2.24, 2.45) is 0 Å². The maximum absolute atomic E-state index is 12.1. The molecule has 28 heavy (non-hydrogen) atoms. The molecule has 8 nitrogen and oxygen atoms in total. The van der Waals surface area contributed by atoms with E-state index in [2.05, 4.69) is 10.6 Å². The number of rotatable bonds is 5. The van der Waals surface area contributed by atoms with Gasteiger partial charge in [0.05, 0.1) is 12.8 Å². The molecule has 3 N–H and O–H groups in total. The lowest BCUT2D eigenvalue weighted by atomic mass is 10.2. The highest BCUT2D eigenvalue weighted by Gasteiger charge is 2.19. The highest BCUT2D eigenvalue weighted by Crippen LogP contribution is 2.34. The van der Waals surface area contributed by atoms with Crippen molar-refractivity contribution in [1.29, 1.82) is 0 Å². The Morgan fingerprint density at radius 2 is 1.96 bits per heavy atom. The van der Waals surface area contributed by atoms with Crippen molar-refractivity contribution in [3.63, 3.8) is 0 Å². The summed E-state index contributed by atoms with van der Waals surface area (Å²) in [5.41, 5.74) is 0.435. The molecule has 0 bridgehead atoms. The minimum absolute atomic E-state index is 0.130. The van der Waals surface area contributed by atoms with E-state index >= 15 is 0 Å². The van der Waals surface area contributed by atoms with Crippen LogP contribution in [0.3, 0.4) is 0 Å². The molecule has 0 saturated carbocycles. The van der Waals surface area contributed by atoms with Crippen LogP contribution >= 0.6 is 11.3 Å². The smallest absolute Gasteiger partial charge is 0.313 e. The van der Waals surface area contributed by atoms with Gasteiger partial charge in [-0.05, 0) is 36.4 Å². The Hall–Kier alpha value is -3.30. The van der Waals surface area contributed by atoms with Crippen molar-refractivity contribution >= 4 is 28.8 Å². The van der Waals surface area contributed by atoms with E-state index in [0.29, 0.717) is 27.8 Å². The zero-order valence-electron chi connectivity index (χ0n) is 14.5. The summed E-state index contributed by atoms with van der Waals surface area (Å²) in [6.07, 6.45) is 0.630. The molecule has 1 aromatic carbocycles. The lowest BCUT2D eigenvalue weighted by Crippen LogP contribution is -2.34. The van der Waals surface area contributed by atoms with E-state index in [4.69, 9.17) is 13.9 Å². The van der Waals surface area contributed by atoms with Gasteiger partial charge < -0.3 is 29.6 Å². The van der Waals surface area contributed by atoms with Gasteiger partial charge in [-0.25, -0.2) is 0 Å². The number of hydrogen-bond acceptors (Lipinski definition) is 7. The lowest BCUT2D eigenvalue weighted by Gasteiger charge is -2.07. The van der Waals surface area contributed by atoms with Crippen LogP contribution < -0.4 is 20.1 Å². The van der Waals surface area contributed by atoms with E-state index in [1.54, 1.807) is 42.5 Å². The number of furan rings is 1. The molecular weight excluding hydrogens is 384 g/mol. The number of amides is 2. The normalized spacial score (nSPS) is 13.2. The number of aliphatic hydroxyl groups excluding tert-OH is 1. The molecule has 0 spiro atoms. The summed E-state index contributed by atoms with van der Waals surface area (Å²) in [4.78, 5) is 25.6. The fourth-order valence-corrected chi connectivity index (χ4v) is 3.58. The molecule has 3 heterocycles. The molecule has 0 aliphatic carbocycles. The molecule has 1 atom stereocenters. The Balaban J connectivity index is 1.31. The molecule has 2 amide bonds. The van der Waals surface area contributed by atoms with Crippen LogP contribution in [0.5, 0.6) is 11.5 Å². The first-order chi connectivity index (χ1) is 13.6. The molecule has 4 rings (SSSR count). The summed E-state index contributed by atoms with van der Waals surface area (Å²) in [5.74, 6) is -0.00173. The Bertz CT molecular complexity index is 998. The molecule has 0 radical (unpaired) electrons. The second-order valence-electron chi connectivity index (χ2n) is 5.93. The maximum Gasteiger partial charge on any atom is 0.313 e. The van der Waals surface area contributed by atoms with Crippen LogP contribution in [-0.4, -0.2) is 23.7 Å². The monoisotopic (exact) mass is 400 g/mol. The number of aliphatic hydroxyl groups is 1. The lowest BCUT2D eigenvalue weighted by molar-refractivity contribution is -0.136. The van der Waals surface area contributed by atoms with Gasteiger partial charge in [0.1, 0.15) is 11.9 Å². The number of ether oxygens (including phenoxy) is 2. The fraction of sp³-hybridized carbons (Fsp3) is 0.158. The zero-order chi connectivity index (χ0) is 19.5. The molecule has 0 saturated heterocycles. The average Bonchev–Trinajstić information content (AvgIpc) is 3.46. The van der Waals surface area contributed by atoms with Crippen molar-refractivity contribution in [3.05, 3.63) is 64.2 Å². The largest absolute Gasteiger partial charge is 0.466 e. The van der Waals surface area contributed by atoms with Crippen LogP contribution in [0.4, 0.5) is 5.69 Å². The number of benzene rings is 1. The number of thiophene rings is 1. The quantitative estimate of drug-likeness (QED) is 0.568. The van der Waals surface area contributed by atoms with Crippen LogP contribution in [0, 0.1) is 0 Å². The number of fused-ring (bicyclic) bond motifs is 1. The zero-order valence-corrected chi connectivity index (χ0v) is 15.3. The van der Waals surface area contributed by atoms with E-state index in [-0.39, 0.29) is 13.3 Å². The van der Waals surface area contributed by atoms with Crippen LogP contribution in [0.1, 0.15) is 21.6 Å². The highest BCUT2D eigenvalue weighted by atomic mass is 32.1. The van der Waals surface area contributed by atoms with Gasteiger partial charge in [0.25, 0.3) is 0 Å². The Morgan fingerprint density at radius 3 is 2.79 bits per heavy atom. The third-order valence-electron chi connectivity index (χ3n) is 4.02. The summed E-state index contributed by atoms with van der Waals surface area (Å²) in [5, 5.41) is 15.3.